The zero-order valence-electron chi connectivity index (χ0n) is 66.5. The Bertz CT molecular complexity index is 1970. The van der Waals surface area contributed by atoms with Crippen molar-refractivity contribution in [1.29, 1.82) is 0 Å². The van der Waals surface area contributed by atoms with Crippen molar-refractivity contribution in [1.82, 2.24) is 0 Å². The third-order valence-corrected chi connectivity index (χ3v) is 21.0. The Balaban J connectivity index is 5.20. The lowest BCUT2D eigenvalue weighted by atomic mass is 10.0. The molecule has 17 nitrogen and oxygen atoms in total. The zero-order valence-corrected chi connectivity index (χ0v) is 68.3. The molecule has 3 N–H and O–H groups in total. The van der Waals surface area contributed by atoms with E-state index in [1.165, 1.54) is 218 Å². The summed E-state index contributed by atoms with van der Waals surface area (Å²) in [6, 6.07) is 0. The largest absolute Gasteiger partial charge is 0.472 e. The first-order chi connectivity index (χ1) is 48.6. The van der Waals surface area contributed by atoms with Gasteiger partial charge >= 0.3 is 39.5 Å². The van der Waals surface area contributed by atoms with Gasteiger partial charge in [0.1, 0.15) is 19.3 Å². The van der Waals surface area contributed by atoms with Crippen LogP contribution < -0.4 is 0 Å². The van der Waals surface area contributed by atoms with Crippen molar-refractivity contribution in [3.63, 3.8) is 0 Å². The summed E-state index contributed by atoms with van der Waals surface area (Å²) in [6.07, 6.45) is 58.6. The molecule has 0 saturated carbocycles. The highest BCUT2D eigenvalue weighted by atomic mass is 31.2. The monoisotopic (exact) mass is 1480 g/mol. The van der Waals surface area contributed by atoms with Gasteiger partial charge in [-0.05, 0) is 49.4 Å². The number of esters is 4. The molecule has 0 saturated heterocycles. The highest BCUT2D eigenvalue weighted by molar-refractivity contribution is 7.47. The lowest BCUT2D eigenvalue weighted by Crippen LogP contribution is -2.30. The van der Waals surface area contributed by atoms with Crippen molar-refractivity contribution < 1.29 is 80.2 Å². The Morgan fingerprint density at radius 2 is 0.416 bits per heavy atom. The number of phosphoric ester groups is 2. The summed E-state index contributed by atoms with van der Waals surface area (Å²) in [5.74, 6) is 0.932. The molecule has 2 unspecified atom stereocenters. The fourth-order valence-corrected chi connectivity index (χ4v) is 14.2. The fourth-order valence-electron chi connectivity index (χ4n) is 12.6. The van der Waals surface area contributed by atoms with E-state index >= 15 is 0 Å². The van der Waals surface area contributed by atoms with Crippen molar-refractivity contribution in [3.8, 4) is 0 Å². The SMILES string of the molecule is CC(C)CCCCCCCCCCCCCCCCCCCCC(=O)OC[C@H](COP(=O)(O)OC[C@@H](O)COP(=O)(O)OC[C@@H](COC(=O)CCCCCCCCC(C)C)OC(=O)CCCCCCCCCCCC(C)C)OC(=O)CCCCCCCCCCCCCCCCCCC(C)C. The number of carbonyl (C=O) groups excluding carboxylic acids is 4. The summed E-state index contributed by atoms with van der Waals surface area (Å²) in [5.41, 5.74) is 0. The van der Waals surface area contributed by atoms with Crippen LogP contribution in [0, 0.1) is 23.7 Å². The maximum absolute atomic E-state index is 13.1. The molecule has 0 amide bonds. The highest BCUT2D eigenvalue weighted by Crippen LogP contribution is 2.45. The molecule has 0 rings (SSSR count). The Hall–Kier alpha value is -1.94. The van der Waals surface area contributed by atoms with Crippen LogP contribution in [0.4, 0.5) is 0 Å². The molecule has 0 aliphatic heterocycles. The van der Waals surface area contributed by atoms with E-state index in [9.17, 15) is 43.2 Å². The summed E-state index contributed by atoms with van der Waals surface area (Å²) in [6.45, 7) is 14.2. The second-order valence-electron chi connectivity index (χ2n) is 31.4. The van der Waals surface area contributed by atoms with E-state index in [4.69, 9.17) is 37.0 Å². The molecule has 600 valence electrons. The average Bonchev–Trinajstić information content (AvgIpc) is 1.02. The second-order valence-corrected chi connectivity index (χ2v) is 34.3. The first-order valence-electron chi connectivity index (χ1n) is 42.2. The minimum atomic E-state index is -4.96. The molecule has 0 aromatic carbocycles. The molecule has 101 heavy (non-hydrogen) atoms. The van der Waals surface area contributed by atoms with Crippen LogP contribution in [0.15, 0.2) is 0 Å². The molecule has 0 fully saturated rings. The second kappa shape index (κ2) is 71.0. The highest BCUT2D eigenvalue weighted by Gasteiger charge is 2.30. The summed E-state index contributed by atoms with van der Waals surface area (Å²) >= 11 is 0. The molecule has 0 aliphatic carbocycles. The summed E-state index contributed by atoms with van der Waals surface area (Å²) in [5, 5.41) is 10.6. The van der Waals surface area contributed by atoms with Crippen molar-refractivity contribution in [3.05, 3.63) is 0 Å². The third kappa shape index (κ3) is 76.1. The van der Waals surface area contributed by atoms with Gasteiger partial charge in [0.05, 0.1) is 26.4 Å². The first-order valence-corrected chi connectivity index (χ1v) is 45.2. The number of rotatable bonds is 79. The van der Waals surface area contributed by atoms with Gasteiger partial charge in [0.2, 0.25) is 0 Å². The fraction of sp³-hybridized carbons (Fsp3) is 0.951. The normalized spacial score (nSPS) is 14.0. The number of ether oxygens (including phenoxy) is 4. The van der Waals surface area contributed by atoms with E-state index < -0.39 is 97.5 Å². The molecule has 0 radical (unpaired) electrons. The summed E-state index contributed by atoms with van der Waals surface area (Å²) < 4.78 is 68.7. The van der Waals surface area contributed by atoms with Crippen LogP contribution >= 0.6 is 15.6 Å². The number of aliphatic hydroxyl groups is 1. The predicted molar refractivity (Wildman–Crippen MR) is 414 cm³/mol. The number of hydrogen-bond donors (Lipinski definition) is 3. The molecule has 0 heterocycles. The van der Waals surface area contributed by atoms with Gasteiger partial charge in [0.15, 0.2) is 12.2 Å². The zero-order chi connectivity index (χ0) is 74.6. The Kier molecular flexibility index (Phi) is 69.6. The van der Waals surface area contributed by atoms with Gasteiger partial charge in [-0.2, -0.15) is 0 Å². The van der Waals surface area contributed by atoms with E-state index in [0.29, 0.717) is 31.6 Å². The average molecular weight is 1480 g/mol. The van der Waals surface area contributed by atoms with Gasteiger partial charge in [0.25, 0.3) is 0 Å². The molecule has 0 spiro atoms. The van der Waals surface area contributed by atoms with Gasteiger partial charge in [0, 0.05) is 25.7 Å². The van der Waals surface area contributed by atoms with Gasteiger partial charge in [-0.1, -0.05) is 370 Å². The number of phosphoric acid groups is 2. The van der Waals surface area contributed by atoms with Crippen LogP contribution in [0.1, 0.15) is 421 Å². The van der Waals surface area contributed by atoms with Crippen LogP contribution in [0.5, 0.6) is 0 Å². The molecule has 5 atom stereocenters. The molecular formula is C82H160O17P2. The van der Waals surface area contributed by atoms with Crippen LogP contribution in [-0.2, 0) is 65.4 Å². The summed E-state index contributed by atoms with van der Waals surface area (Å²) in [4.78, 5) is 73.0. The quantitative estimate of drug-likeness (QED) is 0.0222. The minimum Gasteiger partial charge on any atom is -0.462 e. The Morgan fingerprint density at radius 1 is 0.248 bits per heavy atom. The lowest BCUT2D eigenvalue weighted by Gasteiger charge is -2.21. The predicted octanol–water partition coefficient (Wildman–Crippen LogP) is 24.4. The van der Waals surface area contributed by atoms with E-state index in [0.717, 1.165) is 114 Å². The molecule has 0 aromatic heterocycles. The van der Waals surface area contributed by atoms with Crippen LogP contribution in [0.3, 0.4) is 0 Å². The molecule has 0 aliphatic rings. The van der Waals surface area contributed by atoms with Crippen molar-refractivity contribution >= 4 is 39.5 Å². The van der Waals surface area contributed by atoms with E-state index in [1.807, 2.05) is 0 Å². The van der Waals surface area contributed by atoms with Gasteiger partial charge in [-0.15, -0.1) is 0 Å². The van der Waals surface area contributed by atoms with E-state index in [-0.39, 0.29) is 25.7 Å². The smallest absolute Gasteiger partial charge is 0.462 e. The Morgan fingerprint density at radius 3 is 0.614 bits per heavy atom. The molecular weight excluding hydrogens is 1320 g/mol. The maximum atomic E-state index is 13.1. The minimum absolute atomic E-state index is 0.104. The van der Waals surface area contributed by atoms with Crippen LogP contribution in [0.2, 0.25) is 0 Å². The first kappa shape index (κ1) is 99.1. The third-order valence-electron chi connectivity index (χ3n) is 19.1. The van der Waals surface area contributed by atoms with Gasteiger partial charge in [-0.3, -0.25) is 37.3 Å². The standard InChI is InChI=1S/C82H160O17P2/c1-72(2)58-50-42-34-28-23-19-15-11-9-10-12-17-21-25-31-37-46-54-62-79(84)92-68-77(98-81(86)64-56-48-38-32-26-22-18-14-13-16-20-24-29-35-43-51-59-73(3)4)70-96-100(88,89)94-66-76(83)67-95-101(90,91)97-71-78(69-93-80(85)63-55-47-41-40-45-53-61-75(7)8)99-82(87)65-57-49-39-33-27-30-36-44-52-60-74(5)6/h72-78,83H,9-71H2,1-8H3,(H,88,89)(H,90,91)/t76-,77-,78-/m1/s1. The summed E-state index contributed by atoms with van der Waals surface area (Å²) in [7, 11) is -9.92. The number of carbonyl (C=O) groups is 4. The molecule has 0 aromatic rings. The van der Waals surface area contributed by atoms with Crippen LogP contribution in [0.25, 0.3) is 0 Å². The van der Waals surface area contributed by atoms with Crippen molar-refractivity contribution in [2.24, 2.45) is 23.7 Å². The lowest BCUT2D eigenvalue weighted by molar-refractivity contribution is -0.161. The number of aliphatic hydroxyl groups excluding tert-OH is 1. The van der Waals surface area contributed by atoms with Crippen molar-refractivity contribution in [2.45, 2.75) is 440 Å². The Labute approximate surface area is 619 Å². The number of unbranched alkanes of at least 4 members (excludes halogenated alkanes) is 45. The van der Waals surface area contributed by atoms with E-state index in [2.05, 4.69) is 55.4 Å². The van der Waals surface area contributed by atoms with Gasteiger partial charge < -0.3 is 33.8 Å². The molecule has 19 heteroatoms. The number of hydrogen-bond acceptors (Lipinski definition) is 15. The maximum Gasteiger partial charge on any atom is 0.472 e. The van der Waals surface area contributed by atoms with Gasteiger partial charge in [-0.25, -0.2) is 9.13 Å². The molecule has 0 bridgehead atoms. The van der Waals surface area contributed by atoms with E-state index in [1.54, 1.807) is 0 Å². The van der Waals surface area contributed by atoms with Crippen molar-refractivity contribution in [2.75, 3.05) is 39.6 Å². The van der Waals surface area contributed by atoms with Crippen LogP contribution in [-0.4, -0.2) is 96.7 Å². The topological polar surface area (TPSA) is 237 Å².